The van der Waals surface area contributed by atoms with Crippen LogP contribution in [0.1, 0.15) is 11.1 Å². The fraction of sp³-hybridized carbons (Fsp3) is 0.241. The molecule has 1 saturated heterocycles. The SMILES string of the molecule is Cc1cc(Nc2ncnc3ccc(C#CCN4CCN(S(C)(=O)=O)CC4)cc23)ccc1Oc1ccccc1. The van der Waals surface area contributed by atoms with Crippen molar-refractivity contribution >= 4 is 32.4 Å². The highest BCUT2D eigenvalue weighted by atomic mass is 32.2. The Bertz CT molecular complexity index is 1610. The van der Waals surface area contributed by atoms with E-state index in [0.29, 0.717) is 38.5 Å². The molecule has 194 valence electrons. The van der Waals surface area contributed by atoms with Crippen LogP contribution in [0.2, 0.25) is 0 Å². The van der Waals surface area contributed by atoms with Crippen molar-refractivity contribution in [3.63, 3.8) is 0 Å². The lowest BCUT2D eigenvalue weighted by molar-refractivity contribution is 0.207. The summed E-state index contributed by atoms with van der Waals surface area (Å²) in [5.41, 5.74) is 3.59. The number of sulfonamides is 1. The van der Waals surface area contributed by atoms with Gasteiger partial charge in [-0.1, -0.05) is 30.0 Å². The summed E-state index contributed by atoms with van der Waals surface area (Å²) < 4.78 is 30.9. The van der Waals surface area contributed by atoms with Gasteiger partial charge in [-0.15, -0.1) is 0 Å². The molecular weight excluding hydrogens is 498 g/mol. The quantitative estimate of drug-likeness (QED) is 0.372. The predicted octanol–water partition coefficient (Wildman–Crippen LogP) is 4.40. The molecule has 3 aromatic carbocycles. The second-order valence-corrected chi connectivity index (χ2v) is 11.2. The first-order valence-corrected chi connectivity index (χ1v) is 14.2. The summed E-state index contributed by atoms with van der Waals surface area (Å²) in [6.07, 6.45) is 2.80. The third kappa shape index (κ3) is 6.29. The Hall–Kier alpha value is -3.97. The van der Waals surface area contributed by atoms with Crippen LogP contribution >= 0.6 is 0 Å². The molecule has 0 unspecified atom stereocenters. The smallest absolute Gasteiger partial charge is 0.211 e. The molecule has 0 radical (unpaired) electrons. The molecule has 2 heterocycles. The maximum Gasteiger partial charge on any atom is 0.211 e. The van der Waals surface area contributed by atoms with Crippen LogP contribution in [-0.4, -0.2) is 66.6 Å². The largest absolute Gasteiger partial charge is 0.457 e. The average molecular weight is 528 g/mol. The number of nitrogens with zero attached hydrogens (tertiary/aromatic N) is 4. The van der Waals surface area contributed by atoms with Gasteiger partial charge in [-0.3, -0.25) is 4.90 Å². The monoisotopic (exact) mass is 527 g/mol. The lowest BCUT2D eigenvalue weighted by Gasteiger charge is -2.31. The van der Waals surface area contributed by atoms with E-state index in [1.54, 1.807) is 6.33 Å². The fourth-order valence-electron chi connectivity index (χ4n) is 4.30. The second kappa shape index (κ2) is 11.2. The molecule has 9 heteroatoms. The fourth-order valence-corrected chi connectivity index (χ4v) is 5.13. The molecule has 1 fully saturated rings. The van der Waals surface area contributed by atoms with E-state index in [1.807, 2.05) is 73.7 Å². The molecule has 38 heavy (non-hydrogen) atoms. The van der Waals surface area contributed by atoms with Gasteiger partial charge in [0.1, 0.15) is 23.6 Å². The van der Waals surface area contributed by atoms with Gasteiger partial charge in [-0.25, -0.2) is 18.4 Å². The molecule has 4 aromatic rings. The molecule has 0 bridgehead atoms. The molecule has 1 aliphatic rings. The first-order valence-electron chi connectivity index (χ1n) is 12.4. The molecule has 1 aromatic heterocycles. The summed E-state index contributed by atoms with van der Waals surface area (Å²) >= 11 is 0. The van der Waals surface area contributed by atoms with Crippen LogP contribution in [0.4, 0.5) is 11.5 Å². The summed E-state index contributed by atoms with van der Waals surface area (Å²) in [4.78, 5) is 11.0. The van der Waals surface area contributed by atoms with Gasteiger partial charge in [0.15, 0.2) is 0 Å². The Kier molecular flexibility index (Phi) is 7.56. The molecule has 0 atom stereocenters. The number of hydrogen-bond acceptors (Lipinski definition) is 7. The highest BCUT2D eigenvalue weighted by Crippen LogP contribution is 2.30. The minimum atomic E-state index is -3.13. The van der Waals surface area contributed by atoms with E-state index in [0.717, 1.165) is 39.2 Å². The van der Waals surface area contributed by atoms with Crippen LogP contribution in [0.3, 0.4) is 0 Å². The number of para-hydroxylation sites is 1. The summed E-state index contributed by atoms with van der Waals surface area (Å²) in [6, 6.07) is 21.5. The molecule has 1 N–H and O–H groups in total. The number of rotatable bonds is 6. The number of hydrogen-bond donors (Lipinski definition) is 1. The summed E-state index contributed by atoms with van der Waals surface area (Å²) in [7, 11) is -3.13. The molecule has 8 nitrogen and oxygen atoms in total. The maximum atomic E-state index is 11.7. The van der Waals surface area contributed by atoms with E-state index in [2.05, 4.69) is 32.0 Å². The van der Waals surface area contributed by atoms with E-state index < -0.39 is 10.0 Å². The van der Waals surface area contributed by atoms with E-state index >= 15 is 0 Å². The second-order valence-electron chi connectivity index (χ2n) is 9.21. The number of aromatic nitrogens is 2. The van der Waals surface area contributed by atoms with Gasteiger partial charge in [0, 0.05) is 42.8 Å². The molecule has 0 saturated carbocycles. The third-order valence-corrected chi connectivity index (χ3v) is 7.68. The van der Waals surface area contributed by atoms with E-state index in [1.165, 1.54) is 10.6 Å². The molecule has 0 spiro atoms. The topological polar surface area (TPSA) is 87.7 Å². The minimum absolute atomic E-state index is 0.502. The molecule has 0 amide bonds. The van der Waals surface area contributed by atoms with Gasteiger partial charge in [0.2, 0.25) is 10.0 Å². The first-order chi connectivity index (χ1) is 18.3. The van der Waals surface area contributed by atoms with Crippen LogP contribution < -0.4 is 10.1 Å². The van der Waals surface area contributed by atoms with Crippen molar-refractivity contribution in [1.29, 1.82) is 0 Å². The first kappa shape index (κ1) is 25.7. The normalized spacial score (nSPS) is 14.6. The standard InChI is InChI=1S/C29H29N5O3S/c1-22-19-24(11-13-28(22)37-25-8-4-3-5-9-25)32-29-26-20-23(10-12-27(26)30-21-31-29)7-6-14-33-15-17-34(18-16-33)38(2,35)36/h3-5,8-13,19-21H,14-18H2,1-2H3,(H,30,31,32). The van der Waals surface area contributed by atoms with Crippen LogP contribution in [0.5, 0.6) is 11.5 Å². The van der Waals surface area contributed by atoms with Crippen LogP contribution in [0.25, 0.3) is 10.9 Å². The number of anilines is 2. The van der Waals surface area contributed by atoms with Crippen LogP contribution in [-0.2, 0) is 10.0 Å². The number of fused-ring (bicyclic) bond motifs is 1. The Labute approximate surface area is 223 Å². The number of nitrogens with one attached hydrogen (secondary N) is 1. The Morgan fingerprint density at radius 3 is 2.50 bits per heavy atom. The van der Waals surface area contributed by atoms with Gasteiger partial charge in [-0.2, -0.15) is 4.31 Å². The molecule has 1 aliphatic heterocycles. The predicted molar refractivity (Wildman–Crippen MR) is 150 cm³/mol. The number of piperazine rings is 1. The van der Waals surface area contributed by atoms with Crippen LogP contribution in [0.15, 0.2) is 73.1 Å². The summed E-state index contributed by atoms with van der Waals surface area (Å²) in [6.45, 7) is 4.95. The molecular formula is C29H29N5O3S. The number of ether oxygens (including phenoxy) is 1. The lowest BCUT2D eigenvalue weighted by atomic mass is 10.1. The van der Waals surface area contributed by atoms with Gasteiger partial charge in [-0.05, 0) is 61.0 Å². The van der Waals surface area contributed by atoms with E-state index in [-0.39, 0.29) is 0 Å². The van der Waals surface area contributed by atoms with Crippen LogP contribution in [0, 0.1) is 18.8 Å². The van der Waals surface area contributed by atoms with Crippen molar-refractivity contribution in [3.05, 3.63) is 84.2 Å². The lowest BCUT2D eigenvalue weighted by Crippen LogP contribution is -2.48. The van der Waals surface area contributed by atoms with Crippen molar-refractivity contribution in [2.45, 2.75) is 6.92 Å². The van der Waals surface area contributed by atoms with E-state index in [4.69, 9.17) is 4.74 Å². The highest BCUT2D eigenvalue weighted by Gasteiger charge is 2.22. The van der Waals surface area contributed by atoms with Crippen molar-refractivity contribution < 1.29 is 13.2 Å². The number of benzene rings is 3. The average Bonchev–Trinajstić information content (AvgIpc) is 2.91. The van der Waals surface area contributed by atoms with Gasteiger partial charge in [0.25, 0.3) is 0 Å². The van der Waals surface area contributed by atoms with E-state index in [9.17, 15) is 8.42 Å². The number of aryl methyl sites for hydroxylation is 1. The van der Waals surface area contributed by atoms with Gasteiger partial charge in [0.05, 0.1) is 18.3 Å². The Morgan fingerprint density at radius 2 is 1.76 bits per heavy atom. The zero-order chi connectivity index (χ0) is 26.5. The summed E-state index contributed by atoms with van der Waals surface area (Å²) in [5, 5.41) is 4.29. The van der Waals surface area contributed by atoms with Gasteiger partial charge < -0.3 is 10.1 Å². The highest BCUT2D eigenvalue weighted by molar-refractivity contribution is 7.88. The van der Waals surface area contributed by atoms with Crippen molar-refractivity contribution in [2.75, 3.05) is 44.3 Å². The summed E-state index contributed by atoms with van der Waals surface area (Å²) in [5.74, 6) is 8.75. The zero-order valence-corrected chi connectivity index (χ0v) is 22.2. The maximum absolute atomic E-state index is 11.7. The van der Waals surface area contributed by atoms with Crippen molar-refractivity contribution in [3.8, 4) is 23.3 Å². The Balaban J connectivity index is 1.28. The Morgan fingerprint density at radius 1 is 0.974 bits per heavy atom. The zero-order valence-electron chi connectivity index (χ0n) is 21.4. The molecule has 5 rings (SSSR count). The molecule has 0 aliphatic carbocycles. The minimum Gasteiger partial charge on any atom is -0.457 e. The van der Waals surface area contributed by atoms with Crippen molar-refractivity contribution in [1.82, 2.24) is 19.2 Å². The van der Waals surface area contributed by atoms with Gasteiger partial charge >= 0.3 is 0 Å². The third-order valence-electron chi connectivity index (χ3n) is 6.38. The van der Waals surface area contributed by atoms with Crippen molar-refractivity contribution in [2.24, 2.45) is 0 Å².